The molecule has 1 fully saturated rings. The van der Waals surface area contributed by atoms with E-state index in [0.717, 1.165) is 29.4 Å². The topological polar surface area (TPSA) is 45.7 Å². The van der Waals surface area contributed by atoms with Crippen molar-refractivity contribution in [3.63, 3.8) is 0 Å². The smallest absolute Gasteiger partial charge is 0.191 e. The lowest BCUT2D eigenvalue weighted by atomic mass is 10.2. The third-order valence-corrected chi connectivity index (χ3v) is 3.90. The summed E-state index contributed by atoms with van der Waals surface area (Å²) in [6.45, 7) is 3.89. The molecule has 2 aromatic carbocycles. The van der Waals surface area contributed by atoms with Crippen molar-refractivity contribution < 1.29 is 9.13 Å². The molecule has 4 nitrogen and oxygen atoms in total. The largest absolute Gasteiger partial charge is 0.489 e. The molecule has 0 atom stereocenters. The monoisotopic (exact) mass is 341 g/mol. The van der Waals surface area contributed by atoms with Crippen LogP contribution in [0.2, 0.25) is 0 Å². The van der Waals surface area contributed by atoms with Crippen LogP contribution in [0, 0.1) is 5.82 Å². The van der Waals surface area contributed by atoms with Gasteiger partial charge in [-0.25, -0.2) is 9.38 Å². The molecule has 1 aliphatic rings. The van der Waals surface area contributed by atoms with E-state index in [0.29, 0.717) is 19.2 Å². The molecular formula is C20H24FN3O. The van der Waals surface area contributed by atoms with Crippen LogP contribution in [-0.4, -0.2) is 18.5 Å². The highest BCUT2D eigenvalue weighted by atomic mass is 19.1. The minimum absolute atomic E-state index is 0.245. The minimum Gasteiger partial charge on any atom is -0.489 e. The Bertz CT molecular complexity index is 711. The average Bonchev–Trinajstić information content (AvgIpc) is 3.43. The Labute approximate surface area is 148 Å². The Morgan fingerprint density at radius 2 is 1.96 bits per heavy atom. The average molecular weight is 341 g/mol. The van der Waals surface area contributed by atoms with Gasteiger partial charge in [0, 0.05) is 12.6 Å². The lowest BCUT2D eigenvalue weighted by molar-refractivity contribution is 0.305. The number of aliphatic imine (C=N–C) groups is 1. The highest BCUT2D eigenvalue weighted by molar-refractivity contribution is 5.80. The van der Waals surface area contributed by atoms with E-state index in [1.165, 1.54) is 25.0 Å². The summed E-state index contributed by atoms with van der Waals surface area (Å²) in [5, 5.41) is 6.66. The molecule has 25 heavy (non-hydrogen) atoms. The van der Waals surface area contributed by atoms with Gasteiger partial charge in [-0.15, -0.1) is 0 Å². The van der Waals surface area contributed by atoms with E-state index in [-0.39, 0.29) is 5.82 Å². The standard InChI is InChI=1S/C20H24FN3O/c1-2-22-20(24-18-8-9-18)23-13-15-6-10-19(11-7-15)25-14-16-4-3-5-17(21)12-16/h3-7,10-12,18H,2,8-9,13-14H2,1H3,(H2,22,23,24). The number of nitrogens with zero attached hydrogens (tertiary/aromatic N) is 1. The molecule has 0 spiro atoms. The van der Waals surface area contributed by atoms with E-state index in [9.17, 15) is 4.39 Å². The normalized spacial score (nSPS) is 14.2. The van der Waals surface area contributed by atoms with E-state index < -0.39 is 0 Å². The Hall–Kier alpha value is -2.56. The molecule has 0 bridgehead atoms. The number of hydrogen-bond acceptors (Lipinski definition) is 2. The Morgan fingerprint density at radius 1 is 1.16 bits per heavy atom. The fourth-order valence-electron chi connectivity index (χ4n) is 2.40. The molecule has 5 heteroatoms. The molecule has 0 amide bonds. The summed E-state index contributed by atoms with van der Waals surface area (Å²) >= 11 is 0. The summed E-state index contributed by atoms with van der Waals surface area (Å²) in [5.41, 5.74) is 1.93. The molecule has 2 aromatic rings. The maximum atomic E-state index is 13.2. The maximum absolute atomic E-state index is 13.2. The lowest BCUT2D eigenvalue weighted by Gasteiger charge is -2.10. The van der Waals surface area contributed by atoms with Crippen LogP contribution in [0.25, 0.3) is 0 Å². The summed E-state index contributed by atoms with van der Waals surface area (Å²) in [7, 11) is 0. The molecular weight excluding hydrogens is 317 g/mol. The Morgan fingerprint density at radius 3 is 2.64 bits per heavy atom. The maximum Gasteiger partial charge on any atom is 0.191 e. The number of rotatable bonds is 7. The zero-order chi connectivity index (χ0) is 17.5. The fraction of sp³-hybridized carbons (Fsp3) is 0.350. The van der Waals surface area contributed by atoms with Gasteiger partial charge in [-0.2, -0.15) is 0 Å². The van der Waals surface area contributed by atoms with Crippen LogP contribution in [-0.2, 0) is 13.2 Å². The predicted octanol–water partition coefficient (Wildman–Crippen LogP) is 3.62. The summed E-state index contributed by atoms with van der Waals surface area (Å²) in [4.78, 5) is 4.61. The summed E-state index contributed by atoms with van der Waals surface area (Å²) in [6.07, 6.45) is 2.45. The van der Waals surface area contributed by atoms with Crippen molar-refractivity contribution in [2.24, 2.45) is 4.99 Å². The Balaban J connectivity index is 1.52. The number of nitrogens with one attached hydrogen (secondary N) is 2. The molecule has 132 valence electrons. The van der Waals surface area contributed by atoms with Gasteiger partial charge >= 0.3 is 0 Å². The lowest BCUT2D eigenvalue weighted by Crippen LogP contribution is -2.38. The van der Waals surface area contributed by atoms with Gasteiger partial charge in [0.2, 0.25) is 0 Å². The molecule has 3 rings (SSSR count). The summed E-state index contributed by atoms with van der Waals surface area (Å²) in [6, 6.07) is 14.9. The van der Waals surface area contributed by atoms with E-state index >= 15 is 0 Å². The van der Waals surface area contributed by atoms with Crippen LogP contribution in [0.1, 0.15) is 30.9 Å². The number of benzene rings is 2. The number of ether oxygens (including phenoxy) is 1. The van der Waals surface area contributed by atoms with E-state index in [4.69, 9.17) is 4.74 Å². The molecule has 0 aliphatic heterocycles. The van der Waals surface area contributed by atoms with Gasteiger partial charge in [0.15, 0.2) is 5.96 Å². The van der Waals surface area contributed by atoms with Gasteiger partial charge in [0.25, 0.3) is 0 Å². The molecule has 1 saturated carbocycles. The first-order valence-corrected chi connectivity index (χ1v) is 8.74. The van der Waals surface area contributed by atoms with Gasteiger partial charge in [0.1, 0.15) is 18.2 Å². The van der Waals surface area contributed by atoms with Crippen LogP contribution in [0.4, 0.5) is 4.39 Å². The van der Waals surface area contributed by atoms with Crippen molar-refractivity contribution in [3.05, 3.63) is 65.5 Å². The Kier molecular flexibility index (Phi) is 5.88. The van der Waals surface area contributed by atoms with Crippen LogP contribution in [0.5, 0.6) is 5.75 Å². The molecule has 0 aromatic heterocycles. The predicted molar refractivity (Wildman–Crippen MR) is 98.1 cm³/mol. The third kappa shape index (κ3) is 5.78. The first kappa shape index (κ1) is 17.3. The number of hydrogen-bond donors (Lipinski definition) is 2. The SMILES string of the molecule is CCNC(=NCc1ccc(OCc2cccc(F)c2)cc1)NC1CC1. The van der Waals surface area contributed by atoms with Crippen molar-refractivity contribution in [1.29, 1.82) is 0 Å². The third-order valence-electron chi connectivity index (χ3n) is 3.90. The second kappa shape index (κ2) is 8.51. The first-order chi connectivity index (χ1) is 12.2. The van der Waals surface area contributed by atoms with Gasteiger partial charge in [0.05, 0.1) is 6.54 Å². The molecule has 2 N–H and O–H groups in total. The summed E-state index contributed by atoms with van der Waals surface area (Å²) < 4.78 is 18.9. The number of halogens is 1. The van der Waals surface area contributed by atoms with Gasteiger partial charge in [-0.05, 0) is 55.2 Å². The van der Waals surface area contributed by atoms with Crippen LogP contribution in [0.15, 0.2) is 53.5 Å². The highest BCUT2D eigenvalue weighted by Crippen LogP contribution is 2.18. The number of guanidine groups is 1. The minimum atomic E-state index is -0.245. The van der Waals surface area contributed by atoms with Crippen LogP contribution < -0.4 is 15.4 Å². The fourth-order valence-corrected chi connectivity index (χ4v) is 2.40. The molecule has 0 radical (unpaired) electrons. The second-order valence-electron chi connectivity index (χ2n) is 6.18. The van der Waals surface area contributed by atoms with Crippen molar-refractivity contribution in [1.82, 2.24) is 10.6 Å². The molecule has 0 saturated heterocycles. The van der Waals surface area contributed by atoms with E-state index in [1.54, 1.807) is 6.07 Å². The van der Waals surface area contributed by atoms with E-state index in [1.807, 2.05) is 30.3 Å². The van der Waals surface area contributed by atoms with Gasteiger partial charge in [-0.1, -0.05) is 24.3 Å². The summed E-state index contributed by atoms with van der Waals surface area (Å²) in [5.74, 6) is 1.39. The second-order valence-corrected chi connectivity index (χ2v) is 6.18. The zero-order valence-electron chi connectivity index (χ0n) is 14.5. The molecule has 0 unspecified atom stereocenters. The van der Waals surface area contributed by atoms with Crippen molar-refractivity contribution in [2.45, 2.75) is 39.0 Å². The van der Waals surface area contributed by atoms with E-state index in [2.05, 4.69) is 22.5 Å². The van der Waals surface area contributed by atoms with Crippen molar-refractivity contribution in [3.8, 4) is 5.75 Å². The quantitative estimate of drug-likeness (QED) is 0.597. The molecule has 1 aliphatic carbocycles. The molecule has 0 heterocycles. The van der Waals surface area contributed by atoms with Crippen molar-refractivity contribution in [2.75, 3.05) is 6.54 Å². The van der Waals surface area contributed by atoms with Crippen molar-refractivity contribution >= 4 is 5.96 Å². The highest BCUT2D eigenvalue weighted by Gasteiger charge is 2.21. The van der Waals surface area contributed by atoms with Gasteiger partial charge in [-0.3, -0.25) is 0 Å². The van der Waals surface area contributed by atoms with Crippen LogP contribution in [0.3, 0.4) is 0 Å². The first-order valence-electron chi connectivity index (χ1n) is 8.74. The van der Waals surface area contributed by atoms with Gasteiger partial charge < -0.3 is 15.4 Å². The zero-order valence-corrected chi connectivity index (χ0v) is 14.5. The van der Waals surface area contributed by atoms with Crippen LogP contribution >= 0.6 is 0 Å².